The smallest absolute Gasteiger partial charge is 0.209 e. The molecule has 0 spiro atoms. The molecule has 1 aromatic carbocycles. The second kappa shape index (κ2) is 8.05. The van der Waals surface area contributed by atoms with Gasteiger partial charge in [-0.2, -0.15) is 5.26 Å². The fraction of sp³-hybridized carbons (Fsp3) is 0.0769. The highest BCUT2D eigenvalue weighted by Crippen LogP contribution is 2.10. The Hall–Kier alpha value is -3.14. The van der Waals surface area contributed by atoms with E-state index in [9.17, 15) is 5.11 Å². The van der Waals surface area contributed by atoms with Crippen LogP contribution in [0.1, 0.15) is 5.56 Å². The summed E-state index contributed by atoms with van der Waals surface area (Å²) in [7, 11) is 0. The lowest BCUT2D eigenvalue weighted by atomic mass is 10.2. The minimum Gasteiger partial charge on any atom is -0.508 e. The number of hydrogen-bond acceptors (Lipinski definition) is 5. The van der Waals surface area contributed by atoms with Crippen LogP contribution in [0.15, 0.2) is 53.4 Å². The van der Waals surface area contributed by atoms with Crippen LogP contribution in [0.2, 0.25) is 0 Å². The average Bonchev–Trinajstić information content (AvgIpc) is 2.46. The number of allylic oxidation sites excluding steroid dienone is 1. The summed E-state index contributed by atoms with van der Waals surface area (Å²) in [6, 6.07) is 6.61. The van der Waals surface area contributed by atoms with E-state index in [2.05, 4.69) is 15.6 Å². The first-order valence-corrected chi connectivity index (χ1v) is 5.74. The molecule has 7 N–H and O–H groups in total. The van der Waals surface area contributed by atoms with Gasteiger partial charge in [0.25, 0.3) is 0 Å². The molecule has 0 unspecified atom stereocenters. The van der Waals surface area contributed by atoms with Crippen molar-refractivity contribution in [2.24, 2.45) is 16.5 Å². The van der Waals surface area contributed by atoms with Gasteiger partial charge in [0.2, 0.25) is 5.96 Å². The molecule has 7 heteroatoms. The highest BCUT2D eigenvalue weighted by molar-refractivity contribution is 5.83. The standard InChI is InChI=1S/C13H16N6O/c14-6-5-11(7-15)19-13(18-9-16)17-8-10-1-3-12(20)4-2-10/h1-7,20H,8,14-15H2,(H2,17,18,19)/b6-5-,11-7?. The Labute approximate surface area is 116 Å². The molecule has 0 bridgehead atoms. The van der Waals surface area contributed by atoms with Crippen molar-refractivity contribution in [2.45, 2.75) is 6.54 Å². The maximum atomic E-state index is 9.18. The van der Waals surface area contributed by atoms with E-state index in [-0.39, 0.29) is 11.7 Å². The molecule has 0 aliphatic rings. The largest absolute Gasteiger partial charge is 0.508 e. The predicted octanol–water partition coefficient (Wildman–Crippen LogP) is 0.181. The van der Waals surface area contributed by atoms with Crippen LogP contribution in [0.4, 0.5) is 0 Å². The third-order valence-electron chi connectivity index (χ3n) is 2.25. The maximum absolute atomic E-state index is 9.18. The first kappa shape index (κ1) is 14.9. The van der Waals surface area contributed by atoms with Gasteiger partial charge in [-0.1, -0.05) is 12.1 Å². The fourth-order valence-corrected chi connectivity index (χ4v) is 1.31. The van der Waals surface area contributed by atoms with Crippen LogP contribution in [-0.4, -0.2) is 11.1 Å². The molecule has 1 aromatic rings. The number of benzene rings is 1. The van der Waals surface area contributed by atoms with Gasteiger partial charge in [0.15, 0.2) is 6.19 Å². The summed E-state index contributed by atoms with van der Waals surface area (Å²) in [6.45, 7) is 0.335. The quantitative estimate of drug-likeness (QED) is 0.175. The number of aromatic hydroxyl groups is 1. The predicted molar refractivity (Wildman–Crippen MR) is 76.7 cm³/mol. The van der Waals surface area contributed by atoms with E-state index in [1.165, 1.54) is 18.5 Å². The highest BCUT2D eigenvalue weighted by Gasteiger charge is 2.00. The third kappa shape index (κ3) is 5.01. The van der Waals surface area contributed by atoms with Crippen LogP contribution in [0.3, 0.4) is 0 Å². The second-order valence-electron chi connectivity index (χ2n) is 3.67. The molecule has 0 fully saturated rings. The van der Waals surface area contributed by atoms with E-state index in [1.807, 2.05) is 0 Å². The Kier molecular flexibility index (Phi) is 6.00. The minimum atomic E-state index is 0.188. The number of rotatable bonds is 4. The summed E-state index contributed by atoms with van der Waals surface area (Å²) in [5.74, 6) is 0.433. The van der Waals surface area contributed by atoms with Crippen molar-refractivity contribution in [3.05, 3.63) is 54.0 Å². The minimum absolute atomic E-state index is 0.188. The molecule has 0 amide bonds. The molecule has 0 saturated carbocycles. The number of nitriles is 1. The van der Waals surface area contributed by atoms with E-state index >= 15 is 0 Å². The number of nitrogens with two attached hydrogens (primary N) is 2. The summed E-state index contributed by atoms with van der Waals surface area (Å²) < 4.78 is 0. The molecule has 0 heterocycles. The van der Waals surface area contributed by atoms with E-state index in [0.29, 0.717) is 12.2 Å². The lowest BCUT2D eigenvalue weighted by Gasteiger charge is -2.08. The molecular formula is C13H16N6O. The van der Waals surface area contributed by atoms with Crippen molar-refractivity contribution < 1.29 is 5.11 Å². The molecule has 0 radical (unpaired) electrons. The monoisotopic (exact) mass is 272 g/mol. The average molecular weight is 272 g/mol. The zero-order valence-electron chi connectivity index (χ0n) is 10.7. The summed E-state index contributed by atoms with van der Waals surface area (Å²) in [5.41, 5.74) is 12.1. The van der Waals surface area contributed by atoms with Crippen molar-refractivity contribution in [3.8, 4) is 11.9 Å². The highest BCUT2D eigenvalue weighted by atomic mass is 16.3. The first-order valence-electron chi connectivity index (χ1n) is 5.74. The van der Waals surface area contributed by atoms with Crippen LogP contribution < -0.4 is 22.1 Å². The van der Waals surface area contributed by atoms with Gasteiger partial charge in [0, 0.05) is 6.20 Å². The van der Waals surface area contributed by atoms with Crippen LogP contribution in [0.5, 0.6) is 5.75 Å². The number of aliphatic imine (C=N–C) groups is 1. The lowest BCUT2D eigenvalue weighted by Crippen LogP contribution is -2.34. The number of guanidine groups is 1. The molecule has 0 aliphatic heterocycles. The van der Waals surface area contributed by atoms with Crippen LogP contribution >= 0.6 is 0 Å². The van der Waals surface area contributed by atoms with Gasteiger partial charge in [-0.25, -0.2) is 4.99 Å². The molecule has 7 nitrogen and oxygen atoms in total. The third-order valence-corrected chi connectivity index (χ3v) is 2.25. The van der Waals surface area contributed by atoms with Gasteiger partial charge in [-0.15, -0.1) is 0 Å². The molecule has 0 atom stereocenters. The molecule has 20 heavy (non-hydrogen) atoms. The lowest BCUT2D eigenvalue weighted by molar-refractivity contribution is 0.475. The van der Waals surface area contributed by atoms with E-state index in [0.717, 1.165) is 5.56 Å². The summed E-state index contributed by atoms with van der Waals surface area (Å²) in [4.78, 5) is 4.20. The van der Waals surface area contributed by atoms with Crippen molar-refractivity contribution >= 4 is 5.96 Å². The molecular weight excluding hydrogens is 256 g/mol. The zero-order chi connectivity index (χ0) is 14.8. The van der Waals surface area contributed by atoms with Crippen molar-refractivity contribution in [1.82, 2.24) is 10.6 Å². The Bertz CT molecular complexity index is 553. The Morgan fingerprint density at radius 2 is 2.05 bits per heavy atom. The number of hydrogen-bond donors (Lipinski definition) is 5. The van der Waals surface area contributed by atoms with E-state index in [4.69, 9.17) is 16.7 Å². The van der Waals surface area contributed by atoms with Gasteiger partial charge < -0.3 is 21.9 Å². The van der Waals surface area contributed by atoms with Gasteiger partial charge >= 0.3 is 0 Å². The van der Waals surface area contributed by atoms with Crippen LogP contribution in [0.25, 0.3) is 0 Å². The fourth-order valence-electron chi connectivity index (χ4n) is 1.31. The Balaban J connectivity index is 2.77. The SMILES string of the molecule is N#CNC(=NCc1ccc(O)cc1)NC(=CN)/C=C\N. The van der Waals surface area contributed by atoms with Crippen LogP contribution in [-0.2, 0) is 6.54 Å². The Morgan fingerprint density at radius 1 is 1.35 bits per heavy atom. The topological polar surface area (TPSA) is 132 Å². The molecule has 0 saturated heterocycles. The first-order chi connectivity index (χ1) is 9.69. The summed E-state index contributed by atoms with van der Waals surface area (Å²) in [6.07, 6.45) is 5.93. The van der Waals surface area contributed by atoms with Crippen LogP contribution in [0, 0.1) is 11.5 Å². The van der Waals surface area contributed by atoms with Crippen molar-refractivity contribution in [1.29, 1.82) is 5.26 Å². The van der Waals surface area contributed by atoms with E-state index in [1.54, 1.807) is 30.5 Å². The molecule has 1 rings (SSSR count). The normalized spacial score (nSPS) is 12.2. The molecule has 104 valence electrons. The maximum Gasteiger partial charge on any atom is 0.209 e. The number of nitrogens with zero attached hydrogens (tertiary/aromatic N) is 2. The zero-order valence-corrected chi connectivity index (χ0v) is 10.7. The van der Waals surface area contributed by atoms with E-state index < -0.39 is 0 Å². The van der Waals surface area contributed by atoms with Crippen molar-refractivity contribution in [3.63, 3.8) is 0 Å². The molecule has 0 aliphatic carbocycles. The van der Waals surface area contributed by atoms with Crippen molar-refractivity contribution in [2.75, 3.05) is 0 Å². The summed E-state index contributed by atoms with van der Waals surface area (Å²) in [5, 5.41) is 23.1. The summed E-state index contributed by atoms with van der Waals surface area (Å²) >= 11 is 0. The number of nitrogens with one attached hydrogen (secondary N) is 2. The van der Waals surface area contributed by atoms with Gasteiger partial charge in [-0.3, -0.25) is 5.32 Å². The van der Waals surface area contributed by atoms with Gasteiger partial charge in [0.1, 0.15) is 5.75 Å². The molecule has 0 aromatic heterocycles. The van der Waals surface area contributed by atoms with Gasteiger partial charge in [0.05, 0.1) is 12.2 Å². The Morgan fingerprint density at radius 3 is 2.60 bits per heavy atom. The van der Waals surface area contributed by atoms with Gasteiger partial charge in [-0.05, 0) is 30.0 Å². The number of phenols is 1. The number of phenolic OH excluding ortho intramolecular Hbond substituents is 1. The second-order valence-corrected chi connectivity index (χ2v) is 3.67.